The number of nitrogens with zero attached hydrogens (tertiary/aromatic N) is 2. The van der Waals surface area contributed by atoms with Crippen LogP contribution in [0.3, 0.4) is 0 Å². The Kier molecular flexibility index (Phi) is 3.84. The van der Waals surface area contributed by atoms with Crippen molar-refractivity contribution >= 4 is 11.8 Å². The lowest BCUT2D eigenvalue weighted by molar-refractivity contribution is 0.345. The van der Waals surface area contributed by atoms with E-state index in [2.05, 4.69) is 46.6 Å². The second-order valence-corrected chi connectivity index (χ2v) is 5.90. The zero-order chi connectivity index (χ0) is 13.1. The van der Waals surface area contributed by atoms with Crippen molar-refractivity contribution in [2.75, 3.05) is 12.3 Å². The van der Waals surface area contributed by atoms with Crippen LogP contribution in [-0.2, 0) is 0 Å². The number of aromatic nitrogens is 2. The number of hydrogen-bond acceptors (Lipinski definition) is 5. The molecular formula is C14H17N3OS. The Labute approximate surface area is 117 Å². The molecule has 0 amide bonds. The Morgan fingerprint density at radius 1 is 1.37 bits per heavy atom. The van der Waals surface area contributed by atoms with Crippen molar-refractivity contribution < 1.29 is 4.52 Å². The Bertz CT molecular complexity index is 532. The van der Waals surface area contributed by atoms with Crippen LogP contribution in [0.5, 0.6) is 0 Å². The maximum absolute atomic E-state index is 5.35. The molecule has 0 saturated carbocycles. The van der Waals surface area contributed by atoms with Gasteiger partial charge >= 0.3 is 0 Å². The van der Waals surface area contributed by atoms with Crippen LogP contribution in [0.1, 0.15) is 31.7 Å². The standard InChI is InChI=1S/C14H17N3OS/c1-2-19-11-7-5-10(6-8-11)13-16-14(18-17-13)12-4-3-9-15-12/h5-8,12,15H,2-4,9H2,1H3. The summed E-state index contributed by atoms with van der Waals surface area (Å²) < 4.78 is 5.35. The first kappa shape index (κ1) is 12.7. The van der Waals surface area contributed by atoms with Gasteiger partial charge in [-0.05, 0) is 49.4 Å². The molecule has 1 aromatic heterocycles. The summed E-state index contributed by atoms with van der Waals surface area (Å²) in [5.74, 6) is 2.47. The monoisotopic (exact) mass is 275 g/mol. The maximum Gasteiger partial charge on any atom is 0.244 e. The molecule has 5 heteroatoms. The summed E-state index contributed by atoms with van der Waals surface area (Å²) in [6.45, 7) is 3.18. The predicted octanol–water partition coefficient (Wildman–Crippen LogP) is 3.27. The lowest BCUT2D eigenvalue weighted by Gasteiger charge is -2.01. The fourth-order valence-electron chi connectivity index (χ4n) is 2.26. The average Bonchev–Trinajstić information content (AvgIpc) is 3.11. The summed E-state index contributed by atoms with van der Waals surface area (Å²) in [6.07, 6.45) is 2.25. The van der Waals surface area contributed by atoms with Gasteiger partial charge < -0.3 is 9.84 Å². The Morgan fingerprint density at radius 3 is 2.89 bits per heavy atom. The molecule has 19 heavy (non-hydrogen) atoms. The van der Waals surface area contributed by atoms with Crippen molar-refractivity contribution in [3.63, 3.8) is 0 Å². The summed E-state index contributed by atoms with van der Waals surface area (Å²) >= 11 is 1.83. The number of nitrogens with one attached hydrogen (secondary N) is 1. The van der Waals surface area contributed by atoms with E-state index in [1.54, 1.807) is 0 Å². The first-order chi connectivity index (χ1) is 9.36. The molecule has 1 unspecified atom stereocenters. The molecule has 4 nitrogen and oxygen atoms in total. The minimum atomic E-state index is 0.233. The summed E-state index contributed by atoms with van der Waals surface area (Å²) in [7, 11) is 0. The molecule has 0 aliphatic carbocycles. The lowest BCUT2D eigenvalue weighted by atomic mass is 10.2. The molecule has 1 aliphatic heterocycles. The van der Waals surface area contributed by atoms with Gasteiger partial charge in [0.2, 0.25) is 11.7 Å². The molecule has 3 rings (SSSR count). The quantitative estimate of drug-likeness (QED) is 0.868. The zero-order valence-corrected chi connectivity index (χ0v) is 11.7. The highest BCUT2D eigenvalue weighted by Gasteiger charge is 2.22. The van der Waals surface area contributed by atoms with Gasteiger partial charge in [-0.1, -0.05) is 12.1 Å². The second-order valence-electron chi connectivity index (χ2n) is 4.56. The summed E-state index contributed by atoms with van der Waals surface area (Å²) in [5.41, 5.74) is 1.01. The molecule has 1 aliphatic rings. The summed E-state index contributed by atoms with van der Waals surface area (Å²) in [6, 6.07) is 8.54. The molecule has 1 fully saturated rings. The van der Waals surface area contributed by atoms with Crippen LogP contribution in [-0.4, -0.2) is 22.4 Å². The van der Waals surface area contributed by atoms with Crippen molar-refractivity contribution in [2.45, 2.75) is 30.7 Å². The maximum atomic E-state index is 5.35. The van der Waals surface area contributed by atoms with Crippen LogP contribution in [0.2, 0.25) is 0 Å². The number of rotatable bonds is 4. The van der Waals surface area contributed by atoms with E-state index < -0.39 is 0 Å². The van der Waals surface area contributed by atoms with Crippen LogP contribution in [0, 0.1) is 0 Å². The van der Waals surface area contributed by atoms with Gasteiger partial charge in [-0.3, -0.25) is 0 Å². The molecule has 1 N–H and O–H groups in total. The second kappa shape index (κ2) is 5.75. The Morgan fingerprint density at radius 2 is 2.21 bits per heavy atom. The van der Waals surface area contributed by atoms with Gasteiger partial charge in [0.25, 0.3) is 0 Å². The molecule has 0 radical (unpaired) electrons. The van der Waals surface area contributed by atoms with Gasteiger partial charge in [-0.2, -0.15) is 4.98 Å². The Balaban J connectivity index is 1.77. The molecule has 0 bridgehead atoms. The van der Waals surface area contributed by atoms with E-state index in [0.717, 1.165) is 24.3 Å². The third-order valence-corrected chi connectivity index (χ3v) is 4.12. The molecule has 0 spiro atoms. The van der Waals surface area contributed by atoms with Gasteiger partial charge in [-0.15, -0.1) is 11.8 Å². The zero-order valence-electron chi connectivity index (χ0n) is 10.9. The minimum Gasteiger partial charge on any atom is -0.337 e. The first-order valence-corrected chi connectivity index (χ1v) is 7.65. The summed E-state index contributed by atoms with van der Waals surface area (Å²) in [5, 5.41) is 7.44. The average molecular weight is 275 g/mol. The van der Waals surface area contributed by atoms with Crippen molar-refractivity contribution in [2.24, 2.45) is 0 Å². The van der Waals surface area contributed by atoms with Crippen LogP contribution in [0.25, 0.3) is 11.4 Å². The van der Waals surface area contributed by atoms with Crippen molar-refractivity contribution in [1.29, 1.82) is 0 Å². The topological polar surface area (TPSA) is 51.0 Å². The van der Waals surface area contributed by atoms with Gasteiger partial charge in [-0.25, -0.2) is 0 Å². The molecule has 1 atom stereocenters. The van der Waals surface area contributed by atoms with E-state index in [9.17, 15) is 0 Å². The largest absolute Gasteiger partial charge is 0.337 e. The highest BCUT2D eigenvalue weighted by atomic mass is 32.2. The Hall–Kier alpha value is -1.33. The van der Waals surface area contributed by atoms with Crippen molar-refractivity contribution in [3.8, 4) is 11.4 Å². The van der Waals surface area contributed by atoms with E-state index in [4.69, 9.17) is 4.52 Å². The molecule has 2 aromatic rings. The van der Waals surface area contributed by atoms with E-state index in [1.165, 1.54) is 11.3 Å². The SMILES string of the molecule is CCSc1ccc(-c2noc(C3CCCN3)n2)cc1. The molecule has 1 aromatic carbocycles. The minimum absolute atomic E-state index is 0.233. The lowest BCUT2D eigenvalue weighted by Crippen LogP contribution is -2.12. The smallest absolute Gasteiger partial charge is 0.244 e. The van der Waals surface area contributed by atoms with Crippen LogP contribution in [0.15, 0.2) is 33.7 Å². The van der Waals surface area contributed by atoms with E-state index in [-0.39, 0.29) is 6.04 Å². The van der Waals surface area contributed by atoms with Crippen LogP contribution in [0.4, 0.5) is 0 Å². The molecule has 1 saturated heterocycles. The number of thioether (sulfide) groups is 1. The predicted molar refractivity (Wildman–Crippen MR) is 76.1 cm³/mol. The number of hydrogen-bond donors (Lipinski definition) is 1. The van der Waals surface area contributed by atoms with E-state index >= 15 is 0 Å². The fraction of sp³-hybridized carbons (Fsp3) is 0.429. The molecule has 100 valence electrons. The highest BCUT2D eigenvalue weighted by Crippen LogP contribution is 2.25. The van der Waals surface area contributed by atoms with Crippen LogP contribution < -0.4 is 5.32 Å². The van der Waals surface area contributed by atoms with Gasteiger partial charge in [0.1, 0.15) is 0 Å². The number of benzene rings is 1. The van der Waals surface area contributed by atoms with Gasteiger partial charge in [0.05, 0.1) is 6.04 Å². The van der Waals surface area contributed by atoms with Gasteiger partial charge in [0, 0.05) is 10.5 Å². The summed E-state index contributed by atoms with van der Waals surface area (Å²) in [4.78, 5) is 5.76. The third kappa shape index (κ3) is 2.82. The third-order valence-electron chi connectivity index (χ3n) is 3.22. The van der Waals surface area contributed by atoms with E-state index in [1.807, 2.05) is 11.8 Å². The van der Waals surface area contributed by atoms with E-state index in [0.29, 0.717) is 11.7 Å². The van der Waals surface area contributed by atoms with Gasteiger partial charge in [0.15, 0.2) is 0 Å². The highest BCUT2D eigenvalue weighted by molar-refractivity contribution is 7.99. The van der Waals surface area contributed by atoms with Crippen molar-refractivity contribution in [3.05, 3.63) is 30.2 Å². The van der Waals surface area contributed by atoms with Crippen molar-refractivity contribution in [1.82, 2.24) is 15.5 Å². The van der Waals surface area contributed by atoms with Crippen LogP contribution >= 0.6 is 11.8 Å². The normalized spacial score (nSPS) is 18.9. The molecule has 2 heterocycles. The first-order valence-electron chi connectivity index (χ1n) is 6.67. The molecular weight excluding hydrogens is 258 g/mol. The fourth-order valence-corrected chi connectivity index (χ4v) is 2.92.